The third-order valence-corrected chi connectivity index (χ3v) is 4.12. The van der Waals surface area contributed by atoms with Crippen molar-refractivity contribution in [2.24, 2.45) is 0 Å². The molecule has 2 aromatic carbocycles. The maximum absolute atomic E-state index is 12.3. The molecule has 0 unspecified atom stereocenters. The Morgan fingerprint density at radius 2 is 1.92 bits per heavy atom. The van der Waals surface area contributed by atoms with Gasteiger partial charge in [0.2, 0.25) is 0 Å². The number of aliphatic hydroxyl groups excluding tert-OH is 1. The molecule has 0 spiro atoms. The van der Waals surface area contributed by atoms with Crippen molar-refractivity contribution in [2.45, 2.75) is 19.6 Å². The van der Waals surface area contributed by atoms with Gasteiger partial charge in [0.15, 0.2) is 4.77 Å². The highest BCUT2D eigenvalue weighted by Gasteiger charge is 2.08. The lowest BCUT2D eigenvalue weighted by molar-refractivity contribution is 0.0951. The molecule has 0 fully saturated rings. The van der Waals surface area contributed by atoms with E-state index in [0.29, 0.717) is 23.0 Å². The van der Waals surface area contributed by atoms with Crippen LogP contribution in [0.4, 0.5) is 0 Å². The Morgan fingerprint density at radius 1 is 1.20 bits per heavy atom. The first kappa shape index (κ1) is 17.1. The van der Waals surface area contributed by atoms with Gasteiger partial charge >= 0.3 is 0 Å². The number of H-pyrrole nitrogens is 2. The fourth-order valence-electron chi connectivity index (χ4n) is 2.51. The lowest BCUT2D eigenvalue weighted by atomic mass is 10.1. The number of carbonyl (C=O) groups is 1. The SMILES string of the molecule is C[C@@H](O)c1ccc(CNC(=O)c2ccc3c(=O)[nH]c(=S)[nH]c3c2)cc1. The highest BCUT2D eigenvalue weighted by Crippen LogP contribution is 2.13. The van der Waals surface area contributed by atoms with Crippen LogP contribution in [0.15, 0.2) is 47.3 Å². The van der Waals surface area contributed by atoms with Gasteiger partial charge in [-0.2, -0.15) is 0 Å². The van der Waals surface area contributed by atoms with Crippen LogP contribution in [-0.2, 0) is 6.54 Å². The number of carbonyl (C=O) groups excluding carboxylic acids is 1. The van der Waals surface area contributed by atoms with E-state index < -0.39 is 6.10 Å². The summed E-state index contributed by atoms with van der Waals surface area (Å²) >= 11 is 4.95. The van der Waals surface area contributed by atoms with Gasteiger partial charge in [0.05, 0.1) is 17.0 Å². The minimum Gasteiger partial charge on any atom is -0.389 e. The Bertz CT molecular complexity index is 1040. The third kappa shape index (κ3) is 3.84. The van der Waals surface area contributed by atoms with E-state index in [4.69, 9.17) is 12.2 Å². The average Bonchev–Trinajstić information content (AvgIpc) is 2.59. The van der Waals surface area contributed by atoms with Gasteiger partial charge in [-0.3, -0.25) is 14.6 Å². The molecule has 4 N–H and O–H groups in total. The highest BCUT2D eigenvalue weighted by atomic mass is 32.1. The summed E-state index contributed by atoms with van der Waals surface area (Å²) in [7, 11) is 0. The van der Waals surface area contributed by atoms with Gasteiger partial charge in [-0.05, 0) is 48.5 Å². The molecule has 25 heavy (non-hydrogen) atoms. The Labute approximate surface area is 148 Å². The molecule has 0 aliphatic rings. The van der Waals surface area contributed by atoms with Crippen molar-refractivity contribution in [1.29, 1.82) is 0 Å². The molecule has 3 aromatic rings. The number of aliphatic hydroxyl groups is 1. The normalized spacial score (nSPS) is 12.1. The van der Waals surface area contributed by atoms with Gasteiger partial charge in [0, 0.05) is 12.1 Å². The molecule has 0 saturated carbocycles. The van der Waals surface area contributed by atoms with E-state index >= 15 is 0 Å². The van der Waals surface area contributed by atoms with Crippen molar-refractivity contribution in [2.75, 3.05) is 0 Å². The molecular formula is C18H17N3O3S. The van der Waals surface area contributed by atoms with Crippen LogP contribution in [-0.4, -0.2) is 21.0 Å². The van der Waals surface area contributed by atoms with Crippen molar-refractivity contribution in [3.63, 3.8) is 0 Å². The number of amides is 1. The zero-order valence-electron chi connectivity index (χ0n) is 13.5. The molecule has 1 aromatic heterocycles. The molecule has 7 heteroatoms. The van der Waals surface area contributed by atoms with Crippen molar-refractivity contribution < 1.29 is 9.90 Å². The first-order chi connectivity index (χ1) is 11.9. The fourth-order valence-corrected chi connectivity index (χ4v) is 2.71. The number of aromatic nitrogens is 2. The first-order valence-corrected chi connectivity index (χ1v) is 8.16. The smallest absolute Gasteiger partial charge is 0.259 e. The van der Waals surface area contributed by atoms with Gasteiger partial charge in [-0.1, -0.05) is 24.3 Å². The number of nitrogens with one attached hydrogen (secondary N) is 3. The van der Waals surface area contributed by atoms with Gasteiger partial charge in [0.25, 0.3) is 11.5 Å². The van der Waals surface area contributed by atoms with E-state index in [9.17, 15) is 14.7 Å². The van der Waals surface area contributed by atoms with Crippen molar-refractivity contribution in [3.8, 4) is 0 Å². The van der Waals surface area contributed by atoms with Gasteiger partial charge in [0.1, 0.15) is 0 Å². The van der Waals surface area contributed by atoms with Crippen LogP contribution in [0.5, 0.6) is 0 Å². The van der Waals surface area contributed by atoms with Crippen molar-refractivity contribution in [3.05, 3.63) is 74.3 Å². The molecule has 0 radical (unpaired) electrons. The van der Waals surface area contributed by atoms with Gasteiger partial charge in [-0.25, -0.2) is 0 Å². The minimum absolute atomic E-state index is 0.216. The van der Waals surface area contributed by atoms with Crippen LogP contribution in [0.1, 0.15) is 34.5 Å². The summed E-state index contributed by atoms with van der Waals surface area (Å²) in [4.78, 5) is 29.5. The predicted molar refractivity (Wildman–Crippen MR) is 98.0 cm³/mol. The van der Waals surface area contributed by atoms with E-state index in [1.807, 2.05) is 24.3 Å². The number of hydrogen-bond acceptors (Lipinski definition) is 4. The van der Waals surface area contributed by atoms with E-state index in [1.165, 1.54) is 0 Å². The summed E-state index contributed by atoms with van der Waals surface area (Å²) in [5, 5.41) is 12.8. The zero-order valence-corrected chi connectivity index (χ0v) is 14.3. The van der Waals surface area contributed by atoms with Gasteiger partial charge in [-0.15, -0.1) is 0 Å². The molecule has 1 heterocycles. The molecule has 6 nitrogen and oxygen atoms in total. The summed E-state index contributed by atoms with van der Waals surface area (Å²) in [5.74, 6) is -0.249. The lowest BCUT2D eigenvalue weighted by Crippen LogP contribution is -2.23. The average molecular weight is 355 g/mol. The molecule has 3 rings (SSSR count). The number of hydrogen-bond donors (Lipinski definition) is 4. The topological polar surface area (TPSA) is 98.0 Å². The van der Waals surface area contributed by atoms with Crippen LogP contribution < -0.4 is 10.9 Å². The largest absolute Gasteiger partial charge is 0.389 e. The molecule has 1 atom stereocenters. The predicted octanol–water partition coefficient (Wildman–Crippen LogP) is 2.57. The summed E-state index contributed by atoms with van der Waals surface area (Å²) in [5.41, 5.74) is 2.41. The second kappa shape index (κ2) is 7.00. The number of fused-ring (bicyclic) bond motifs is 1. The minimum atomic E-state index is -0.519. The van der Waals surface area contributed by atoms with Crippen molar-refractivity contribution in [1.82, 2.24) is 15.3 Å². The molecule has 0 saturated heterocycles. The van der Waals surface area contributed by atoms with Crippen LogP contribution in [0.3, 0.4) is 0 Å². The number of rotatable bonds is 4. The van der Waals surface area contributed by atoms with E-state index in [-0.39, 0.29) is 16.2 Å². The zero-order chi connectivity index (χ0) is 18.0. The van der Waals surface area contributed by atoms with Crippen LogP contribution in [0, 0.1) is 4.77 Å². The maximum Gasteiger partial charge on any atom is 0.259 e. The molecule has 128 valence electrons. The fraction of sp³-hybridized carbons (Fsp3) is 0.167. The van der Waals surface area contributed by atoms with Crippen LogP contribution in [0.25, 0.3) is 10.9 Å². The molecule has 0 aliphatic carbocycles. The molecular weight excluding hydrogens is 338 g/mol. The Balaban J connectivity index is 1.76. The Hall–Kier alpha value is -2.77. The standard InChI is InChI=1S/C18H17N3O3S/c1-10(22)12-4-2-11(3-5-12)9-19-16(23)13-6-7-14-15(8-13)20-18(25)21-17(14)24/h2-8,10,22H,9H2,1H3,(H,19,23)(H2,20,21,24,25)/t10-/m1/s1. The first-order valence-electron chi connectivity index (χ1n) is 7.75. The van der Waals surface area contributed by atoms with E-state index in [1.54, 1.807) is 25.1 Å². The third-order valence-electron chi connectivity index (χ3n) is 3.92. The van der Waals surface area contributed by atoms with Crippen LogP contribution in [0.2, 0.25) is 0 Å². The summed E-state index contributed by atoms with van der Waals surface area (Å²) in [6.45, 7) is 2.06. The Morgan fingerprint density at radius 3 is 2.60 bits per heavy atom. The highest BCUT2D eigenvalue weighted by molar-refractivity contribution is 7.71. The van der Waals surface area contributed by atoms with Gasteiger partial charge < -0.3 is 15.4 Å². The van der Waals surface area contributed by atoms with Crippen molar-refractivity contribution >= 4 is 29.0 Å². The summed E-state index contributed by atoms with van der Waals surface area (Å²) in [6.07, 6.45) is -0.519. The van der Waals surface area contributed by atoms with E-state index in [0.717, 1.165) is 11.1 Å². The quantitative estimate of drug-likeness (QED) is 0.541. The maximum atomic E-state index is 12.3. The number of benzene rings is 2. The Kier molecular flexibility index (Phi) is 4.78. The van der Waals surface area contributed by atoms with E-state index in [2.05, 4.69) is 15.3 Å². The van der Waals surface area contributed by atoms with Crippen LogP contribution >= 0.6 is 12.2 Å². The monoisotopic (exact) mass is 355 g/mol. The summed E-state index contributed by atoms with van der Waals surface area (Å²) in [6, 6.07) is 12.2. The lowest BCUT2D eigenvalue weighted by Gasteiger charge is -2.08. The second-order valence-electron chi connectivity index (χ2n) is 5.77. The summed E-state index contributed by atoms with van der Waals surface area (Å²) < 4.78 is 0.216. The molecule has 0 aliphatic heterocycles. The second-order valence-corrected chi connectivity index (χ2v) is 6.18. The molecule has 1 amide bonds. The number of aromatic amines is 2. The molecule has 0 bridgehead atoms.